The Labute approximate surface area is 85.6 Å². The summed E-state index contributed by atoms with van der Waals surface area (Å²) in [5, 5.41) is 0. The Morgan fingerprint density at radius 1 is 1.43 bits per heavy atom. The Morgan fingerprint density at radius 2 is 2.14 bits per heavy atom. The normalized spacial score (nSPS) is 18.1. The highest BCUT2D eigenvalue weighted by Gasteiger charge is 2.01. The molecule has 0 unspecified atom stereocenters. The van der Waals surface area contributed by atoms with E-state index in [1.165, 1.54) is 5.57 Å². The quantitative estimate of drug-likeness (QED) is 0.677. The molecule has 0 saturated heterocycles. The molecule has 1 radical (unpaired) electrons. The van der Waals surface area contributed by atoms with Crippen LogP contribution >= 0.6 is 0 Å². The fourth-order valence-corrected chi connectivity index (χ4v) is 1.37. The van der Waals surface area contributed by atoms with Crippen LogP contribution in [0.4, 0.5) is 0 Å². The van der Waals surface area contributed by atoms with Crippen LogP contribution in [0.3, 0.4) is 0 Å². The number of allylic oxidation sites excluding steroid dienone is 5. The van der Waals surface area contributed by atoms with E-state index in [2.05, 4.69) is 24.9 Å². The molecule has 0 saturated carbocycles. The molecule has 0 N–H and O–H groups in total. The Bertz CT molecular complexity index is 283. The van der Waals surface area contributed by atoms with E-state index in [4.69, 9.17) is 0 Å². The summed E-state index contributed by atoms with van der Waals surface area (Å²) in [5.41, 5.74) is 1.90. The van der Waals surface area contributed by atoms with Crippen LogP contribution in [0.15, 0.2) is 35.6 Å². The fourth-order valence-electron chi connectivity index (χ4n) is 1.37. The first-order chi connectivity index (χ1) is 6.80. The molecule has 0 atom stereocenters. The van der Waals surface area contributed by atoms with Crippen LogP contribution < -0.4 is 0 Å². The molecule has 0 aromatic rings. The standard InChI is InChI=1S/C12H16NO/c1-3-13(4-2)9-11-5-7-12(10-14)8-6-11/h5,7-9H,3-4,6H2,1-2H3. The summed E-state index contributed by atoms with van der Waals surface area (Å²) in [7, 11) is 0. The SMILES string of the molecule is CCN(C=C1C=CC([C]=O)=CC1)CC. The van der Waals surface area contributed by atoms with Gasteiger partial charge in [-0.1, -0.05) is 18.2 Å². The molecule has 0 bridgehead atoms. The van der Waals surface area contributed by atoms with Gasteiger partial charge in [0.1, 0.15) is 0 Å². The lowest BCUT2D eigenvalue weighted by Gasteiger charge is -2.17. The third-order valence-electron chi connectivity index (χ3n) is 2.31. The van der Waals surface area contributed by atoms with E-state index < -0.39 is 0 Å². The van der Waals surface area contributed by atoms with Gasteiger partial charge in [0, 0.05) is 24.9 Å². The van der Waals surface area contributed by atoms with Crippen molar-refractivity contribution in [2.24, 2.45) is 0 Å². The van der Waals surface area contributed by atoms with Crippen LogP contribution in [0, 0.1) is 0 Å². The lowest BCUT2D eigenvalue weighted by Crippen LogP contribution is -2.16. The van der Waals surface area contributed by atoms with Crippen molar-refractivity contribution in [3.63, 3.8) is 0 Å². The van der Waals surface area contributed by atoms with Gasteiger partial charge in [-0.2, -0.15) is 0 Å². The second-order valence-corrected chi connectivity index (χ2v) is 3.22. The number of nitrogens with zero attached hydrogens (tertiary/aromatic N) is 1. The number of carbonyl (C=O) groups excluding carboxylic acids is 1. The van der Waals surface area contributed by atoms with Crippen molar-refractivity contribution in [3.05, 3.63) is 35.6 Å². The predicted octanol–water partition coefficient (Wildman–Crippen LogP) is 2.21. The molecular weight excluding hydrogens is 174 g/mol. The van der Waals surface area contributed by atoms with Gasteiger partial charge in [-0.3, -0.25) is 4.79 Å². The summed E-state index contributed by atoms with van der Waals surface area (Å²) in [6.07, 6.45) is 10.6. The highest BCUT2D eigenvalue weighted by atomic mass is 16.1. The van der Waals surface area contributed by atoms with Crippen LogP contribution in [0.2, 0.25) is 0 Å². The van der Waals surface area contributed by atoms with Crippen molar-refractivity contribution in [3.8, 4) is 0 Å². The monoisotopic (exact) mass is 190 g/mol. The Morgan fingerprint density at radius 3 is 2.57 bits per heavy atom. The summed E-state index contributed by atoms with van der Waals surface area (Å²) in [5.74, 6) is 0. The van der Waals surface area contributed by atoms with Gasteiger partial charge in [0.25, 0.3) is 0 Å². The molecule has 1 aliphatic rings. The maximum atomic E-state index is 10.3. The number of hydrogen-bond acceptors (Lipinski definition) is 2. The zero-order valence-corrected chi connectivity index (χ0v) is 8.79. The van der Waals surface area contributed by atoms with Gasteiger partial charge < -0.3 is 4.90 Å². The highest BCUT2D eigenvalue weighted by molar-refractivity contribution is 5.79. The third kappa shape index (κ3) is 2.87. The van der Waals surface area contributed by atoms with Crippen LogP contribution in [0.5, 0.6) is 0 Å². The van der Waals surface area contributed by atoms with Crippen molar-refractivity contribution in [1.29, 1.82) is 0 Å². The topological polar surface area (TPSA) is 20.3 Å². The van der Waals surface area contributed by atoms with Crippen molar-refractivity contribution < 1.29 is 4.79 Å². The van der Waals surface area contributed by atoms with Crippen molar-refractivity contribution in [1.82, 2.24) is 4.90 Å². The molecule has 0 spiro atoms. The predicted molar refractivity (Wildman–Crippen MR) is 58.5 cm³/mol. The fraction of sp³-hybridized carbons (Fsp3) is 0.417. The third-order valence-corrected chi connectivity index (χ3v) is 2.31. The molecule has 0 heterocycles. The van der Waals surface area contributed by atoms with E-state index in [0.29, 0.717) is 5.57 Å². The maximum Gasteiger partial charge on any atom is 0.233 e. The second-order valence-electron chi connectivity index (χ2n) is 3.22. The summed E-state index contributed by atoms with van der Waals surface area (Å²) in [6.45, 7) is 6.30. The molecule has 0 aliphatic heterocycles. The first-order valence-corrected chi connectivity index (χ1v) is 5.01. The van der Waals surface area contributed by atoms with Gasteiger partial charge in [-0.15, -0.1) is 0 Å². The van der Waals surface area contributed by atoms with Crippen molar-refractivity contribution in [2.45, 2.75) is 20.3 Å². The molecule has 0 aromatic heterocycles. The molecule has 14 heavy (non-hydrogen) atoms. The van der Waals surface area contributed by atoms with Crippen LogP contribution in [0.1, 0.15) is 20.3 Å². The average Bonchev–Trinajstić information content (AvgIpc) is 2.26. The molecule has 0 aromatic carbocycles. The number of rotatable bonds is 4. The molecule has 2 heteroatoms. The molecule has 75 valence electrons. The molecule has 2 nitrogen and oxygen atoms in total. The Kier molecular flexibility index (Phi) is 4.17. The summed E-state index contributed by atoms with van der Waals surface area (Å²) in [4.78, 5) is 12.6. The van der Waals surface area contributed by atoms with Crippen LogP contribution in [-0.2, 0) is 4.79 Å². The van der Waals surface area contributed by atoms with E-state index in [0.717, 1.165) is 19.5 Å². The van der Waals surface area contributed by atoms with Gasteiger partial charge in [0.05, 0.1) is 0 Å². The van der Waals surface area contributed by atoms with E-state index in [1.807, 2.05) is 24.5 Å². The Hall–Kier alpha value is -1.31. The van der Waals surface area contributed by atoms with Crippen LogP contribution in [0.25, 0.3) is 0 Å². The molecular formula is C12H16NO. The van der Waals surface area contributed by atoms with Crippen molar-refractivity contribution in [2.75, 3.05) is 13.1 Å². The van der Waals surface area contributed by atoms with E-state index >= 15 is 0 Å². The van der Waals surface area contributed by atoms with E-state index in [-0.39, 0.29) is 0 Å². The average molecular weight is 190 g/mol. The minimum absolute atomic E-state index is 0.654. The molecule has 0 amide bonds. The zero-order valence-electron chi connectivity index (χ0n) is 8.79. The van der Waals surface area contributed by atoms with Gasteiger partial charge in [0.15, 0.2) is 0 Å². The highest BCUT2D eigenvalue weighted by Crippen LogP contribution is 2.14. The largest absolute Gasteiger partial charge is 0.378 e. The summed E-state index contributed by atoms with van der Waals surface area (Å²) < 4.78 is 0. The summed E-state index contributed by atoms with van der Waals surface area (Å²) >= 11 is 0. The van der Waals surface area contributed by atoms with Gasteiger partial charge in [-0.25, -0.2) is 0 Å². The second kappa shape index (κ2) is 5.43. The number of hydrogen-bond donors (Lipinski definition) is 0. The van der Waals surface area contributed by atoms with Gasteiger partial charge >= 0.3 is 0 Å². The first-order valence-electron chi connectivity index (χ1n) is 5.01. The molecule has 1 rings (SSSR count). The first kappa shape index (κ1) is 10.8. The lowest BCUT2D eigenvalue weighted by molar-refractivity contribution is 0.416. The maximum absolute atomic E-state index is 10.3. The van der Waals surface area contributed by atoms with Gasteiger partial charge in [-0.05, 0) is 25.8 Å². The minimum atomic E-state index is 0.654. The van der Waals surface area contributed by atoms with Crippen LogP contribution in [-0.4, -0.2) is 24.3 Å². The summed E-state index contributed by atoms with van der Waals surface area (Å²) in [6, 6.07) is 0. The molecule has 0 fully saturated rings. The van der Waals surface area contributed by atoms with E-state index in [1.54, 1.807) is 0 Å². The molecule has 1 aliphatic carbocycles. The van der Waals surface area contributed by atoms with E-state index in [9.17, 15) is 4.79 Å². The van der Waals surface area contributed by atoms with Crippen molar-refractivity contribution >= 4 is 6.29 Å². The smallest absolute Gasteiger partial charge is 0.233 e. The van der Waals surface area contributed by atoms with Gasteiger partial charge in [0.2, 0.25) is 6.29 Å². The minimum Gasteiger partial charge on any atom is -0.378 e. The lowest BCUT2D eigenvalue weighted by atomic mass is 10.0. The Balaban J connectivity index is 2.62. The zero-order chi connectivity index (χ0) is 10.4.